The first-order chi connectivity index (χ1) is 28.3. The standard InChI is InChI=1S/C53H45N5/c1-53(2,3)39-31-32-54-51(33-39)58-47-26-12-11-23-45(47)46-30-29-42(35-50(46)58)57(41-22-15-21-40(34-41)56-36-55(4)48-27-13-14-28-49(48)56)52-43(37-17-7-5-8-18-37)24-16-25-44(52)38-19-9-6-10-20-38/h5-35H,36H2,1-4H3. The zero-order valence-electron chi connectivity index (χ0n) is 33.3. The molecule has 282 valence electrons. The molecule has 0 spiro atoms. The van der Waals surface area contributed by atoms with Gasteiger partial charge in [0.15, 0.2) is 0 Å². The summed E-state index contributed by atoms with van der Waals surface area (Å²) in [5.41, 5.74) is 14.9. The van der Waals surface area contributed by atoms with Crippen molar-refractivity contribution in [2.24, 2.45) is 0 Å². The van der Waals surface area contributed by atoms with Crippen LogP contribution in [0.2, 0.25) is 0 Å². The van der Waals surface area contributed by atoms with Crippen molar-refractivity contribution in [1.82, 2.24) is 9.55 Å². The Morgan fingerprint density at radius 1 is 0.534 bits per heavy atom. The summed E-state index contributed by atoms with van der Waals surface area (Å²) in [6.07, 6.45) is 1.95. The minimum absolute atomic E-state index is 0.0247. The molecule has 0 amide bonds. The van der Waals surface area contributed by atoms with E-state index in [0.29, 0.717) is 0 Å². The van der Waals surface area contributed by atoms with Crippen molar-refractivity contribution in [3.05, 3.63) is 194 Å². The Kier molecular flexibility index (Phi) is 8.60. The van der Waals surface area contributed by atoms with Crippen LogP contribution >= 0.6 is 0 Å². The first-order valence-corrected chi connectivity index (χ1v) is 20.1. The Bertz CT molecular complexity index is 2880. The Hall–Kier alpha value is -7.11. The van der Waals surface area contributed by atoms with Crippen molar-refractivity contribution in [3.63, 3.8) is 0 Å². The number of nitrogens with zero attached hydrogens (tertiary/aromatic N) is 5. The van der Waals surface area contributed by atoms with Gasteiger partial charge in [-0.3, -0.25) is 4.57 Å². The molecule has 9 aromatic rings. The predicted octanol–water partition coefficient (Wildman–Crippen LogP) is 13.8. The van der Waals surface area contributed by atoms with Crippen molar-refractivity contribution in [1.29, 1.82) is 0 Å². The van der Waals surface area contributed by atoms with E-state index < -0.39 is 0 Å². The van der Waals surface area contributed by atoms with E-state index in [9.17, 15) is 0 Å². The molecule has 7 aromatic carbocycles. The fourth-order valence-corrected chi connectivity index (χ4v) is 8.65. The number of anilines is 6. The quantitative estimate of drug-likeness (QED) is 0.162. The Labute approximate surface area is 340 Å². The molecule has 0 radical (unpaired) electrons. The number of aromatic nitrogens is 2. The van der Waals surface area contributed by atoms with E-state index >= 15 is 0 Å². The Balaban J connectivity index is 1.27. The highest BCUT2D eigenvalue weighted by Crippen LogP contribution is 2.49. The second kappa shape index (κ2) is 14.1. The van der Waals surface area contributed by atoms with Gasteiger partial charge in [-0.25, -0.2) is 4.98 Å². The fourth-order valence-electron chi connectivity index (χ4n) is 8.65. The maximum Gasteiger partial charge on any atom is 0.137 e. The number of fused-ring (bicyclic) bond motifs is 4. The van der Waals surface area contributed by atoms with E-state index in [4.69, 9.17) is 4.98 Å². The van der Waals surface area contributed by atoms with Crippen molar-refractivity contribution in [2.75, 3.05) is 28.4 Å². The van der Waals surface area contributed by atoms with Crippen molar-refractivity contribution < 1.29 is 0 Å². The molecule has 0 saturated carbocycles. The summed E-state index contributed by atoms with van der Waals surface area (Å²) in [5, 5.41) is 2.39. The molecule has 0 saturated heterocycles. The fraction of sp³-hybridized carbons (Fsp3) is 0.113. The van der Waals surface area contributed by atoms with Crippen LogP contribution < -0.4 is 14.7 Å². The average molecular weight is 752 g/mol. The van der Waals surface area contributed by atoms with Crippen LogP contribution in [0.5, 0.6) is 0 Å². The molecule has 0 N–H and O–H groups in total. The highest BCUT2D eigenvalue weighted by atomic mass is 15.4. The van der Waals surface area contributed by atoms with Crippen molar-refractivity contribution >= 4 is 55.9 Å². The van der Waals surface area contributed by atoms with Gasteiger partial charge >= 0.3 is 0 Å². The van der Waals surface area contributed by atoms with Gasteiger partial charge in [-0.05, 0) is 82.8 Å². The molecule has 10 rings (SSSR count). The molecular formula is C53H45N5. The number of pyridine rings is 1. The Morgan fingerprint density at radius 3 is 1.88 bits per heavy atom. The summed E-state index contributed by atoms with van der Waals surface area (Å²) in [5.74, 6) is 0.913. The van der Waals surface area contributed by atoms with E-state index in [-0.39, 0.29) is 5.41 Å². The molecular weight excluding hydrogens is 707 g/mol. The number of para-hydroxylation sites is 4. The molecule has 1 aliphatic heterocycles. The van der Waals surface area contributed by atoms with Crippen molar-refractivity contribution in [2.45, 2.75) is 26.2 Å². The van der Waals surface area contributed by atoms with E-state index in [0.717, 1.165) is 68.5 Å². The smallest absolute Gasteiger partial charge is 0.137 e. The monoisotopic (exact) mass is 751 g/mol. The summed E-state index contributed by atoms with van der Waals surface area (Å²) >= 11 is 0. The summed E-state index contributed by atoms with van der Waals surface area (Å²) < 4.78 is 2.34. The molecule has 0 fully saturated rings. The molecule has 58 heavy (non-hydrogen) atoms. The molecule has 5 nitrogen and oxygen atoms in total. The maximum absolute atomic E-state index is 5.01. The highest BCUT2D eigenvalue weighted by molar-refractivity contribution is 6.11. The van der Waals surface area contributed by atoms with E-state index in [2.05, 4.69) is 229 Å². The number of hydrogen-bond donors (Lipinski definition) is 0. The van der Waals surface area contributed by atoms with Crippen molar-refractivity contribution in [3.8, 4) is 28.1 Å². The van der Waals surface area contributed by atoms with Gasteiger partial charge in [0.1, 0.15) is 5.82 Å². The zero-order chi connectivity index (χ0) is 39.4. The van der Waals surface area contributed by atoms with Gasteiger partial charge in [0.25, 0.3) is 0 Å². The summed E-state index contributed by atoms with van der Waals surface area (Å²) in [6.45, 7) is 7.55. The minimum atomic E-state index is -0.0247. The van der Waals surface area contributed by atoms with Crippen LogP contribution in [0.25, 0.3) is 49.9 Å². The van der Waals surface area contributed by atoms with E-state index in [1.165, 1.54) is 27.7 Å². The second-order valence-corrected chi connectivity index (χ2v) is 16.3. The van der Waals surface area contributed by atoms with Gasteiger partial charge in [-0.15, -0.1) is 0 Å². The lowest BCUT2D eigenvalue weighted by Gasteiger charge is -2.31. The highest BCUT2D eigenvalue weighted by Gasteiger charge is 2.27. The van der Waals surface area contributed by atoms with E-state index in [1.54, 1.807) is 0 Å². The van der Waals surface area contributed by atoms with Crippen LogP contribution in [0, 0.1) is 0 Å². The van der Waals surface area contributed by atoms with Crippen LogP contribution in [0.4, 0.5) is 34.1 Å². The van der Waals surface area contributed by atoms with Gasteiger partial charge < -0.3 is 14.7 Å². The third-order valence-corrected chi connectivity index (χ3v) is 11.5. The SMILES string of the molecule is CN1CN(c2cccc(N(c3ccc4c5ccccc5n(-c5cc(C(C)(C)C)ccn5)c4c3)c3c(-c4ccccc4)cccc3-c3ccccc3)c2)c2ccccc21. The number of hydrogen-bond acceptors (Lipinski definition) is 4. The lowest BCUT2D eigenvalue weighted by atomic mass is 9.88. The molecule has 5 heteroatoms. The van der Waals surface area contributed by atoms with Gasteiger partial charge in [-0.2, -0.15) is 0 Å². The van der Waals surface area contributed by atoms with Crippen LogP contribution in [0.1, 0.15) is 26.3 Å². The molecule has 0 unspecified atom stereocenters. The Morgan fingerprint density at radius 2 is 1.16 bits per heavy atom. The average Bonchev–Trinajstić information content (AvgIpc) is 3.78. The third-order valence-electron chi connectivity index (χ3n) is 11.5. The number of benzene rings is 7. The largest absolute Gasteiger partial charge is 0.355 e. The van der Waals surface area contributed by atoms with Crippen LogP contribution in [-0.2, 0) is 5.41 Å². The molecule has 1 aliphatic rings. The number of rotatable bonds is 7. The predicted molar refractivity (Wildman–Crippen MR) is 245 cm³/mol. The molecule has 0 atom stereocenters. The zero-order valence-corrected chi connectivity index (χ0v) is 33.3. The molecule has 2 aromatic heterocycles. The van der Waals surface area contributed by atoms with Gasteiger partial charge in [0.2, 0.25) is 0 Å². The molecule has 0 aliphatic carbocycles. The normalized spacial score (nSPS) is 12.7. The lowest BCUT2D eigenvalue weighted by Crippen LogP contribution is -2.24. The molecule has 3 heterocycles. The summed E-state index contributed by atoms with van der Waals surface area (Å²) in [6, 6.07) is 66.0. The van der Waals surface area contributed by atoms with Crippen LogP contribution in [0.3, 0.4) is 0 Å². The lowest BCUT2D eigenvalue weighted by molar-refractivity contribution is 0.588. The van der Waals surface area contributed by atoms with Gasteiger partial charge in [-0.1, -0.05) is 142 Å². The maximum atomic E-state index is 5.01. The van der Waals surface area contributed by atoms with Crippen LogP contribution in [-0.4, -0.2) is 23.3 Å². The topological polar surface area (TPSA) is 27.5 Å². The van der Waals surface area contributed by atoms with Gasteiger partial charge in [0.05, 0.1) is 34.8 Å². The first kappa shape index (κ1) is 35.3. The summed E-state index contributed by atoms with van der Waals surface area (Å²) in [7, 11) is 2.16. The van der Waals surface area contributed by atoms with Crippen LogP contribution in [0.15, 0.2) is 188 Å². The minimum Gasteiger partial charge on any atom is -0.355 e. The molecule has 0 bridgehead atoms. The summed E-state index contributed by atoms with van der Waals surface area (Å²) in [4.78, 5) is 12.2. The second-order valence-electron chi connectivity index (χ2n) is 16.3. The third kappa shape index (κ3) is 6.07. The first-order valence-electron chi connectivity index (χ1n) is 20.1. The van der Waals surface area contributed by atoms with E-state index in [1.807, 2.05) is 6.20 Å². The van der Waals surface area contributed by atoms with Gasteiger partial charge in [0, 0.05) is 52.2 Å².